The van der Waals surface area contributed by atoms with Crippen LogP contribution in [0.5, 0.6) is 5.75 Å². The lowest BCUT2D eigenvalue weighted by Gasteiger charge is -2.18. The van der Waals surface area contributed by atoms with E-state index in [9.17, 15) is 4.79 Å². The number of ether oxygens (including phenoxy) is 1. The number of carbonyl (C=O) groups excluding carboxylic acids is 1. The van der Waals surface area contributed by atoms with Crippen molar-refractivity contribution in [1.82, 2.24) is 0 Å². The zero-order valence-corrected chi connectivity index (χ0v) is 13.0. The van der Waals surface area contributed by atoms with Crippen LogP contribution in [0.4, 0.5) is 5.69 Å². The highest BCUT2D eigenvalue weighted by atomic mass is 35.5. The second kappa shape index (κ2) is 7.34. The molecule has 0 heterocycles. The average molecular weight is 324 g/mol. The van der Waals surface area contributed by atoms with Gasteiger partial charge in [-0.3, -0.25) is 4.79 Å². The van der Waals surface area contributed by atoms with Crippen molar-refractivity contribution in [1.29, 1.82) is 0 Å². The fraction of sp³-hybridized carbons (Fsp3) is 0.188. The lowest BCUT2D eigenvalue weighted by Crippen LogP contribution is -2.32. The first kappa shape index (κ1) is 15.7. The van der Waals surface area contributed by atoms with Crippen molar-refractivity contribution in [2.75, 3.05) is 5.32 Å². The Kier molecular flexibility index (Phi) is 5.48. The largest absolute Gasteiger partial charge is 0.479 e. The highest BCUT2D eigenvalue weighted by Gasteiger charge is 2.19. The quantitative estimate of drug-likeness (QED) is 0.859. The van der Waals surface area contributed by atoms with Crippen molar-refractivity contribution in [3.05, 3.63) is 58.6 Å². The summed E-state index contributed by atoms with van der Waals surface area (Å²) in [6.45, 7) is 1.88. The Bertz CT molecular complexity index is 614. The van der Waals surface area contributed by atoms with Crippen LogP contribution >= 0.6 is 23.2 Å². The Hall–Kier alpha value is -1.71. The molecule has 1 N–H and O–H groups in total. The summed E-state index contributed by atoms with van der Waals surface area (Å²) in [5.74, 6) is 0.275. The second-order valence-electron chi connectivity index (χ2n) is 4.44. The third-order valence-electron chi connectivity index (χ3n) is 2.88. The van der Waals surface area contributed by atoms with E-state index in [-0.39, 0.29) is 5.91 Å². The van der Waals surface area contributed by atoms with Gasteiger partial charge in [0.2, 0.25) is 0 Å². The minimum absolute atomic E-state index is 0.222. The number of hydrogen-bond donors (Lipinski definition) is 1. The minimum atomic E-state index is -0.611. The fourth-order valence-electron chi connectivity index (χ4n) is 1.77. The molecule has 2 aromatic rings. The molecule has 5 heteroatoms. The molecule has 0 aromatic heterocycles. The van der Waals surface area contributed by atoms with Crippen LogP contribution in [0.2, 0.25) is 10.0 Å². The van der Waals surface area contributed by atoms with Crippen molar-refractivity contribution in [3.63, 3.8) is 0 Å². The van der Waals surface area contributed by atoms with Crippen LogP contribution in [0.1, 0.15) is 13.3 Å². The molecule has 0 radical (unpaired) electrons. The highest BCUT2D eigenvalue weighted by Crippen LogP contribution is 2.25. The van der Waals surface area contributed by atoms with Gasteiger partial charge in [-0.25, -0.2) is 0 Å². The number of carbonyl (C=O) groups is 1. The number of amides is 1. The monoisotopic (exact) mass is 323 g/mol. The molecule has 1 atom stereocenters. The summed E-state index contributed by atoms with van der Waals surface area (Å²) < 4.78 is 5.68. The van der Waals surface area contributed by atoms with Gasteiger partial charge in [0.1, 0.15) is 5.75 Å². The van der Waals surface area contributed by atoms with E-state index in [4.69, 9.17) is 27.9 Å². The number of rotatable bonds is 5. The molecule has 0 aliphatic heterocycles. The lowest BCUT2D eigenvalue weighted by atomic mass is 10.2. The SMILES string of the molecule is CC[C@@H](Oc1ccccc1Cl)C(=O)Nc1ccc(Cl)cc1. The van der Waals surface area contributed by atoms with E-state index in [1.807, 2.05) is 19.1 Å². The smallest absolute Gasteiger partial charge is 0.265 e. The van der Waals surface area contributed by atoms with Gasteiger partial charge in [-0.05, 0) is 42.8 Å². The van der Waals surface area contributed by atoms with Crippen molar-refractivity contribution in [2.45, 2.75) is 19.4 Å². The van der Waals surface area contributed by atoms with Crippen molar-refractivity contribution < 1.29 is 9.53 Å². The van der Waals surface area contributed by atoms with Gasteiger partial charge in [0, 0.05) is 10.7 Å². The van der Waals surface area contributed by atoms with Gasteiger partial charge in [-0.15, -0.1) is 0 Å². The number of nitrogens with one attached hydrogen (secondary N) is 1. The van der Waals surface area contributed by atoms with E-state index >= 15 is 0 Å². The highest BCUT2D eigenvalue weighted by molar-refractivity contribution is 6.32. The first-order valence-corrected chi connectivity index (χ1v) is 7.33. The van der Waals surface area contributed by atoms with Gasteiger partial charge in [0.15, 0.2) is 6.10 Å². The third kappa shape index (κ3) is 4.38. The summed E-state index contributed by atoms with van der Waals surface area (Å²) in [7, 11) is 0. The van der Waals surface area contributed by atoms with Crippen LogP contribution in [0.25, 0.3) is 0 Å². The molecular formula is C16H15Cl2NO2. The lowest BCUT2D eigenvalue weighted by molar-refractivity contribution is -0.122. The Morgan fingerprint density at radius 3 is 2.43 bits per heavy atom. The van der Waals surface area contributed by atoms with Gasteiger partial charge < -0.3 is 10.1 Å². The number of benzene rings is 2. The molecule has 1 amide bonds. The van der Waals surface area contributed by atoms with Gasteiger partial charge in [-0.1, -0.05) is 42.3 Å². The molecule has 0 saturated heterocycles. The fourth-order valence-corrected chi connectivity index (χ4v) is 2.08. The van der Waals surface area contributed by atoms with E-state index in [0.717, 1.165) is 0 Å². The van der Waals surface area contributed by atoms with E-state index in [0.29, 0.717) is 27.9 Å². The van der Waals surface area contributed by atoms with Crippen LogP contribution in [-0.4, -0.2) is 12.0 Å². The summed E-state index contributed by atoms with van der Waals surface area (Å²) in [5.41, 5.74) is 0.672. The Balaban J connectivity index is 2.05. The molecule has 0 aliphatic rings. The summed E-state index contributed by atoms with van der Waals surface area (Å²) in [6.07, 6.45) is -0.0782. The number of anilines is 1. The maximum absolute atomic E-state index is 12.2. The van der Waals surface area contributed by atoms with E-state index in [1.165, 1.54) is 0 Å². The zero-order valence-electron chi connectivity index (χ0n) is 11.5. The Labute approximate surface area is 133 Å². The van der Waals surface area contributed by atoms with Gasteiger partial charge >= 0.3 is 0 Å². The van der Waals surface area contributed by atoms with Crippen LogP contribution in [0.15, 0.2) is 48.5 Å². The van der Waals surface area contributed by atoms with Crippen LogP contribution in [0, 0.1) is 0 Å². The zero-order chi connectivity index (χ0) is 15.2. The average Bonchev–Trinajstić information content (AvgIpc) is 2.48. The summed E-state index contributed by atoms with van der Waals surface area (Å²) in [5, 5.41) is 3.89. The summed E-state index contributed by atoms with van der Waals surface area (Å²) >= 11 is 11.8. The van der Waals surface area contributed by atoms with E-state index < -0.39 is 6.10 Å². The first-order valence-electron chi connectivity index (χ1n) is 6.57. The molecule has 0 saturated carbocycles. The standard InChI is InChI=1S/C16H15Cl2NO2/c1-2-14(21-15-6-4-3-5-13(15)18)16(20)19-12-9-7-11(17)8-10-12/h3-10,14H,2H2,1H3,(H,19,20)/t14-/m1/s1. The number of para-hydroxylation sites is 1. The molecule has 2 aromatic carbocycles. The maximum atomic E-state index is 12.2. The van der Waals surface area contributed by atoms with Crippen LogP contribution < -0.4 is 10.1 Å². The molecule has 0 aliphatic carbocycles. The first-order chi connectivity index (χ1) is 10.1. The Morgan fingerprint density at radius 2 is 1.81 bits per heavy atom. The second-order valence-corrected chi connectivity index (χ2v) is 5.28. The summed E-state index contributed by atoms with van der Waals surface area (Å²) in [6, 6.07) is 14.0. The van der Waals surface area contributed by atoms with Crippen molar-refractivity contribution in [3.8, 4) is 5.75 Å². The molecule has 3 nitrogen and oxygen atoms in total. The number of hydrogen-bond acceptors (Lipinski definition) is 2. The molecule has 0 unspecified atom stereocenters. The van der Waals surface area contributed by atoms with E-state index in [1.54, 1.807) is 36.4 Å². The maximum Gasteiger partial charge on any atom is 0.265 e. The van der Waals surface area contributed by atoms with Crippen LogP contribution in [-0.2, 0) is 4.79 Å². The Morgan fingerprint density at radius 1 is 1.14 bits per heavy atom. The molecule has 2 rings (SSSR count). The summed E-state index contributed by atoms with van der Waals surface area (Å²) in [4.78, 5) is 12.2. The predicted molar refractivity (Wildman–Crippen MR) is 86.2 cm³/mol. The number of halogens is 2. The third-order valence-corrected chi connectivity index (χ3v) is 3.45. The molecule has 21 heavy (non-hydrogen) atoms. The molecular weight excluding hydrogens is 309 g/mol. The van der Waals surface area contributed by atoms with Crippen molar-refractivity contribution in [2.24, 2.45) is 0 Å². The minimum Gasteiger partial charge on any atom is -0.479 e. The molecule has 0 bridgehead atoms. The van der Waals surface area contributed by atoms with Crippen molar-refractivity contribution >= 4 is 34.8 Å². The van der Waals surface area contributed by atoms with Gasteiger partial charge in [0.25, 0.3) is 5.91 Å². The molecule has 0 fully saturated rings. The molecule has 0 spiro atoms. The normalized spacial score (nSPS) is 11.8. The molecule has 110 valence electrons. The van der Waals surface area contributed by atoms with Gasteiger partial charge in [-0.2, -0.15) is 0 Å². The topological polar surface area (TPSA) is 38.3 Å². The van der Waals surface area contributed by atoms with Gasteiger partial charge in [0.05, 0.1) is 5.02 Å². The van der Waals surface area contributed by atoms with E-state index in [2.05, 4.69) is 5.32 Å². The predicted octanol–water partition coefficient (Wildman–Crippen LogP) is 4.79. The van der Waals surface area contributed by atoms with Crippen LogP contribution in [0.3, 0.4) is 0 Å².